The molecule has 0 saturated carbocycles. The van der Waals surface area contributed by atoms with Crippen molar-refractivity contribution in [2.75, 3.05) is 0 Å². The number of thiazole rings is 1. The second-order valence-electron chi connectivity index (χ2n) is 3.16. The molecule has 0 saturated heterocycles. The van der Waals surface area contributed by atoms with E-state index < -0.39 is 0 Å². The number of aliphatic hydroxyl groups excluding tert-OH is 1. The van der Waals surface area contributed by atoms with Crippen LogP contribution in [0.15, 0.2) is 24.3 Å². The average molecular weight is 240 g/mol. The van der Waals surface area contributed by atoms with Gasteiger partial charge in [-0.2, -0.15) is 0 Å². The molecule has 15 heavy (non-hydrogen) atoms. The van der Waals surface area contributed by atoms with Gasteiger partial charge in [0.1, 0.15) is 5.01 Å². The molecule has 0 spiro atoms. The van der Waals surface area contributed by atoms with E-state index in [0.29, 0.717) is 5.02 Å². The predicted molar refractivity (Wildman–Crippen MR) is 63.2 cm³/mol. The summed E-state index contributed by atoms with van der Waals surface area (Å²) in [5.74, 6) is 0. The van der Waals surface area contributed by atoms with Crippen molar-refractivity contribution in [2.45, 2.75) is 13.5 Å². The van der Waals surface area contributed by atoms with Crippen LogP contribution in [0, 0.1) is 6.92 Å². The first kappa shape index (κ1) is 10.6. The van der Waals surface area contributed by atoms with E-state index >= 15 is 0 Å². The summed E-state index contributed by atoms with van der Waals surface area (Å²) in [6, 6.07) is 7.59. The first-order valence-electron chi connectivity index (χ1n) is 4.54. The molecule has 0 radical (unpaired) electrons. The topological polar surface area (TPSA) is 33.1 Å². The second-order valence-corrected chi connectivity index (χ2v) is 4.77. The molecule has 0 fully saturated rings. The zero-order valence-electron chi connectivity index (χ0n) is 8.20. The maximum Gasteiger partial charge on any atom is 0.125 e. The fraction of sp³-hybridized carbons (Fsp3) is 0.182. The van der Waals surface area contributed by atoms with E-state index in [-0.39, 0.29) is 6.61 Å². The zero-order chi connectivity index (χ0) is 10.8. The van der Waals surface area contributed by atoms with Gasteiger partial charge in [-0.05, 0) is 13.0 Å². The third-order valence-electron chi connectivity index (χ3n) is 2.15. The lowest BCUT2D eigenvalue weighted by molar-refractivity contribution is 0.277. The molecule has 0 aliphatic heterocycles. The van der Waals surface area contributed by atoms with E-state index in [9.17, 15) is 0 Å². The Labute approximate surface area is 97.2 Å². The standard InChI is InChI=1S/C11H10ClNOS/c1-7-10(6-14)13-11(15-7)8-4-2-3-5-9(8)12/h2-5,14H,6H2,1H3. The van der Waals surface area contributed by atoms with Crippen LogP contribution >= 0.6 is 22.9 Å². The maximum atomic E-state index is 9.06. The van der Waals surface area contributed by atoms with Crippen molar-refractivity contribution >= 4 is 22.9 Å². The number of aromatic nitrogens is 1. The van der Waals surface area contributed by atoms with Crippen LogP contribution in [0.2, 0.25) is 5.02 Å². The first-order valence-corrected chi connectivity index (χ1v) is 5.74. The van der Waals surface area contributed by atoms with E-state index in [1.165, 1.54) is 0 Å². The zero-order valence-corrected chi connectivity index (χ0v) is 9.77. The van der Waals surface area contributed by atoms with Crippen LogP contribution in [0.4, 0.5) is 0 Å². The Kier molecular flexibility index (Phi) is 3.05. The van der Waals surface area contributed by atoms with E-state index in [1.54, 1.807) is 11.3 Å². The Balaban J connectivity index is 2.50. The molecule has 1 aromatic carbocycles. The van der Waals surface area contributed by atoms with Gasteiger partial charge in [-0.25, -0.2) is 4.98 Å². The SMILES string of the molecule is Cc1sc(-c2ccccc2Cl)nc1CO. The lowest BCUT2D eigenvalue weighted by atomic mass is 10.2. The van der Waals surface area contributed by atoms with E-state index in [1.807, 2.05) is 31.2 Å². The summed E-state index contributed by atoms with van der Waals surface area (Å²) in [5, 5.41) is 10.6. The van der Waals surface area contributed by atoms with Crippen molar-refractivity contribution in [1.82, 2.24) is 4.98 Å². The second kappa shape index (κ2) is 4.31. The normalized spacial score (nSPS) is 10.6. The minimum atomic E-state index is -0.0210. The molecule has 1 heterocycles. The summed E-state index contributed by atoms with van der Waals surface area (Å²) in [5.41, 5.74) is 1.65. The Hall–Kier alpha value is -0.900. The summed E-state index contributed by atoms with van der Waals surface area (Å²) in [6.45, 7) is 1.93. The highest BCUT2D eigenvalue weighted by atomic mass is 35.5. The molecule has 0 atom stereocenters. The molecule has 1 N–H and O–H groups in total. The minimum absolute atomic E-state index is 0.0210. The summed E-state index contributed by atoms with van der Waals surface area (Å²) < 4.78 is 0. The van der Waals surface area contributed by atoms with Crippen molar-refractivity contribution in [3.05, 3.63) is 39.9 Å². The van der Waals surface area contributed by atoms with Crippen LogP contribution in [0.3, 0.4) is 0 Å². The van der Waals surface area contributed by atoms with Gasteiger partial charge < -0.3 is 5.11 Å². The summed E-state index contributed by atoms with van der Waals surface area (Å²) in [7, 11) is 0. The van der Waals surface area contributed by atoms with Gasteiger partial charge in [0, 0.05) is 10.4 Å². The van der Waals surface area contributed by atoms with Crippen LogP contribution in [-0.2, 0) is 6.61 Å². The molecule has 0 aliphatic rings. The molecule has 78 valence electrons. The number of benzene rings is 1. The van der Waals surface area contributed by atoms with Crippen LogP contribution in [0.25, 0.3) is 10.6 Å². The number of halogens is 1. The van der Waals surface area contributed by atoms with Crippen molar-refractivity contribution in [1.29, 1.82) is 0 Å². The van der Waals surface area contributed by atoms with E-state index in [0.717, 1.165) is 21.1 Å². The Morgan fingerprint density at radius 3 is 2.73 bits per heavy atom. The summed E-state index contributed by atoms with van der Waals surface area (Å²) >= 11 is 7.62. The first-order chi connectivity index (χ1) is 7.22. The smallest absolute Gasteiger partial charge is 0.125 e. The number of hydrogen-bond acceptors (Lipinski definition) is 3. The molecule has 1 aromatic heterocycles. The lowest BCUT2D eigenvalue weighted by Gasteiger charge is -1.97. The van der Waals surface area contributed by atoms with E-state index in [4.69, 9.17) is 16.7 Å². The molecule has 2 nitrogen and oxygen atoms in total. The Morgan fingerprint density at radius 2 is 2.13 bits per heavy atom. The lowest BCUT2D eigenvalue weighted by Crippen LogP contribution is -1.85. The third kappa shape index (κ3) is 2.04. The van der Waals surface area contributed by atoms with Crippen molar-refractivity contribution < 1.29 is 5.11 Å². The molecule has 2 aromatic rings. The van der Waals surface area contributed by atoms with Crippen LogP contribution in [0.5, 0.6) is 0 Å². The molecule has 4 heteroatoms. The largest absolute Gasteiger partial charge is 0.390 e. The van der Waals surface area contributed by atoms with Crippen LogP contribution < -0.4 is 0 Å². The quantitative estimate of drug-likeness (QED) is 0.873. The molecule has 0 amide bonds. The summed E-state index contributed by atoms with van der Waals surface area (Å²) in [4.78, 5) is 5.38. The number of rotatable bonds is 2. The molecule has 0 aliphatic carbocycles. The maximum absolute atomic E-state index is 9.06. The van der Waals surface area contributed by atoms with Gasteiger partial charge in [-0.3, -0.25) is 0 Å². The predicted octanol–water partition coefficient (Wildman–Crippen LogP) is 3.26. The Bertz CT molecular complexity index is 481. The Morgan fingerprint density at radius 1 is 1.40 bits per heavy atom. The van der Waals surface area contributed by atoms with Gasteiger partial charge in [-0.1, -0.05) is 29.8 Å². The molecule has 2 rings (SSSR count). The monoisotopic (exact) mass is 239 g/mol. The van der Waals surface area contributed by atoms with Crippen LogP contribution in [0.1, 0.15) is 10.6 Å². The number of hydrogen-bond donors (Lipinski definition) is 1. The van der Waals surface area contributed by atoms with Crippen molar-refractivity contribution in [2.24, 2.45) is 0 Å². The number of nitrogens with zero attached hydrogens (tertiary/aromatic N) is 1. The van der Waals surface area contributed by atoms with Gasteiger partial charge >= 0.3 is 0 Å². The van der Waals surface area contributed by atoms with E-state index in [2.05, 4.69) is 4.98 Å². The summed E-state index contributed by atoms with van der Waals surface area (Å²) in [6.07, 6.45) is 0. The van der Waals surface area contributed by atoms with Gasteiger partial charge in [0.15, 0.2) is 0 Å². The van der Waals surface area contributed by atoms with Gasteiger partial charge in [-0.15, -0.1) is 11.3 Å². The van der Waals surface area contributed by atoms with Crippen molar-refractivity contribution in [3.8, 4) is 10.6 Å². The average Bonchev–Trinajstić information content (AvgIpc) is 2.60. The fourth-order valence-electron chi connectivity index (χ4n) is 1.32. The minimum Gasteiger partial charge on any atom is -0.390 e. The third-order valence-corrected chi connectivity index (χ3v) is 3.52. The fourth-order valence-corrected chi connectivity index (χ4v) is 2.57. The molecular weight excluding hydrogens is 230 g/mol. The highest BCUT2D eigenvalue weighted by molar-refractivity contribution is 7.15. The number of aliphatic hydroxyl groups is 1. The van der Waals surface area contributed by atoms with Gasteiger partial charge in [0.05, 0.1) is 17.3 Å². The van der Waals surface area contributed by atoms with Crippen LogP contribution in [-0.4, -0.2) is 10.1 Å². The molecule has 0 unspecified atom stereocenters. The molecular formula is C11H10ClNOS. The highest BCUT2D eigenvalue weighted by Crippen LogP contribution is 2.32. The molecule has 0 bridgehead atoms. The highest BCUT2D eigenvalue weighted by Gasteiger charge is 2.10. The van der Waals surface area contributed by atoms with Crippen molar-refractivity contribution in [3.63, 3.8) is 0 Å². The number of aryl methyl sites for hydroxylation is 1. The van der Waals surface area contributed by atoms with Gasteiger partial charge in [0.25, 0.3) is 0 Å². The van der Waals surface area contributed by atoms with Gasteiger partial charge in [0.2, 0.25) is 0 Å².